The molecule has 0 aliphatic carbocycles. The van der Waals surface area contributed by atoms with Gasteiger partial charge in [-0.1, -0.05) is 27.7 Å². The van der Waals surface area contributed by atoms with Gasteiger partial charge in [-0.25, -0.2) is 0 Å². The lowest BCUT2D eigenvalue weighted by molar-refractivity contribution is -0.161. The van der Waals surface area contributed by atoms with E-state index < -0.39 is 23.9 Å². The highest BCUT2D eigenvalue weighted by Crippen LogP contribution is 2.46. The van der Waals surface area contributed by atoms with Crippen molar-refractivity contribution in [3.05, 3.63) is 46.5 Å². The average molecular weight is 1100 g/mol. The zero-order chi connectivity index (χ0) is 58.4. The van der Waals surface area contributed by atoms with Crippen LogP contribution >= 0.6 is 0 Å². The molecule has 0 radical (unpaired) electrons. The van der Waals surface area contributed by atoms with Gasteiger partial charge in [0.25, 0.3) is 0 Å². The Bertz CT molecular complexity index is 2230. The summed E-state index contributed by atoms with van der Waals surface area (Å²) < 4.78 is 41.9. The minimum atomic E-state index is -0.981. The monoisotopic (exact) mass is 1100 g/mol. The van der Waals surface area contributed by atoms with Crippen LogP contribution < -0.4 is 18.9 Å². The molecule has 3 saturated heterocycles. The second-order valence-corrected chi connectivity index (χ2v) is 22.1. The van der Waals surface area contributed by atoms with Crippen LogP contribution in [0.5, 0.6) is 23.0 Å². The van der Waals surface area contributed by atoms with Crippen molar-refractivity contribution in [2.45, 2.75) is 189 Å². The van der Waals surface area contributed by atoms with E-state index in [1.54, 1.807) is 70.0 Å². The number of aliphatic carboxylic acids is 1. The van der Waals surface area contributed by atoms with Crippen LogP contribution in [0.25, 0.3) is 0 Å². The Morgan fingerprint density at radius 1 is 0.577 bits per heavy atom. The number of carboxylic acid groups (broad SMARTS) is 1. The summed E-state index contributed by atoms with van der Waals surface area (Å²) in [7, 11) is 6.67. The number of benzene rings is 2. The first-order chi connectivity index (χ1) is 36.8. The second-order valence-electron chi connectivity index (χ2n) is 22.1. The number of aliphatic hydroxyl groups is 2. The molecule has 0 bridgehead atoms. The molecule has 2 aromatic rings. The van der Waals surface area contributed by atoms with Crippen LogP contribution in [-0.2, 0) is 60.6 Å². The molecule has 5 aliphatic rings. The third kappa shape index (κ3) is 22.3. The maximum Gasteiger partial charge on any atom is 0.314 e. The van der Waals surface area contributed by atoms with Crippen molar-refractivity contribution >= 4 is 35.8 Å². The predicted molar refractivity (Wildman–Crippen MR) is 292 cm³/mol. The number of hydrogen-bond donors (Lipinski definition) is 3. The van der Waals surface area contributed by atoms with Gasteiger partial charge >= 0.3 is 35.8 Å². The van der Waals surface area contributed by atoms with Gasteiger partial charge in [-0.15, -0.1) is 0 Å². The number of carbonyl (C=O) groups is 6. The van der Waals surface area contributed by atoms with Gasteiger partial charge in [0.2, 0.25) is 0 Å². The summed E-state index contributed by atoms with van der Waals surface area (Å²) in [5.74, 6) is 1.94. The molecule has 0 amide bonds. The highest BCUT2D eigenvalue weighted by atomic mass is 16.6. The number of cyclic esters (lactones) is 2. The van der Waals surface area contributed by atoms with Crippen LogP contribution in [0.2, 0.25) is 0 Å². The van der Waals surface area contributed by atoms with Crippen molar-refractivity contribution < 1.29 is 82.0 Å². The Labute approximate surface area is 462 Å². The van der Waals surface area contributed by atoms with Crippen LogP contribution in [0.15, 0.2) is 24.3 Å². The van der Waals surface area contributed by atoms with Gasteiger partial charge in [0, 0.05) is 56.7 Å². The smallest absolute Gasteiger partial charge is 0.314 e. The molecule has 2 aromatic carbocycles. The van der Waals surface area contributed by atoms with Gasteiger partial charge in [0.15, 0.2) is 23.0 Å². The van der Waals surface area contributed by atoms with Crippen LogP contribution in [0.1, 0.15) is 168 Å². The molecule has 0 aromatic heterocycles. The Hall–Kier alpha value is -5.50. The van der Waals surface area contributed by atoms with Gasteiger partial charge in [0.05, 0.1) is 85.3 Å². The number of esters is 5. The van der Waals surface area contributed by atoms with E-state index in [0.29, 0.717) is 23.8 Å². The molecule has 19 nitrogen and oxygen atoms in total. The summed E-state index contributed by atoms with van der Waals surface area (Å²) in [6.45, 7) is 23.3. The second kappa shape index (κ2) is 33.2. The number of nitrogens with zero attached hydrogens (tertiary/aromatic N) is 2. The summed E-state index contributed by atoms with van der Waals surface area (Å²) in [4.78, 5) is 70.2. The zero-order valence-corrected chi connectivity index (χ0v) is 48.9. The number of hydrogen-bond acceptors (Lipinski definition) is 18. The van der Waals surface area contributed by atoms with Crippen molar-refractivity contribution in [2.24, 2.45) is 23.7 Å². The zero-order valence-electron chi connectivity index (χ0n) is 48.9. The molecule has 5 aliphatic heterocycles. The van der Waals surface area contributed by atoms with Crippen LogP contribution in [0, 0.1) is 23.7 Å². The number of rotatable bonds is 17. The lowest BCUT2D eigenvalue weighted by atomic mass is 9.79. The summed E-state index contributed by atoms with van der Waals surface area (Å²) >= 11 is 0. The fraction of sp³-hybridized carbons (Fsp3) is 0.695. The van der Waals surface area contributed by atoms with E-state index in [-0.39, 0.29) is 92.9 Å². The highest BCUT2D eigenvalue weighted by Gasteiger charge is 2.42. The van der Waals surface area contributed by atoms with Gasteiger partial charge in [-0.3, -0.25) is 38.6 Å². The molecule has 0 spiro atoms. The van der Waals surface area contributed by atoms with Crippen molar-refractivity contribution in [1.82, 2.24) is 9.80 Å². The lowest BCUT2D eigenvalue weighted by Crippen LogP contribution is -2.49. The van der Waals surface area contributed by atoms with Crippen molar-refractivity contribution in [2.75, 3.05) is 54.6 Å². The topological polar surface area (TPSA) is 243 Å². The predicted octanol–water partition coefficient (Wildman–Crippen LogP) is 8.38. The van der Waals surface area contributed by atoms with Crippen LogP contribution in [0.3, 0.4) is 0 Å². The molecular weight excluding hydrogens is 1010 g/mol. The molecule has 440 valence electrons. The third-order valence-electron chi connectivity index (χ3n) is 13.6. The van der Waals surface area contributed by atoms with Crippen LogP contribution in [-0.4, -0.2) is 146 Å². The van der Waals surface area contributed by atoms with E-state index >= 15 is 0 Å². The lowest BCUT2D eigenvalue weighted by Gasteiger charge is -2.47. The molecule has 5 heterocycles. The molecule has 3 fully saturated rings. The number of methoxy groups -OCH3 is 4. The van der Waals surface area contributed by atoms with Gasteiger partial charge in [-0.2, -0.15) is 0 Å². The first kappa shape index (κ1) is 66.8. The van der Waals surface area contributed by atoms with E-state index in [9.17, 15) is 33.9 Å². The molecular formula is C59H92N2O17. The summed E-state index contributed by atoms with van der Waals surface area (Å²) in [6.07, 6.45) is 5.16. The quantitative estimate of drug-likeness (QED) is 0.0765. The summed E-state index contributed by atoms with van der Waals surface area (Å²) in [6, 6.07) is 8.85. The molecule has 3 N–H and O–H groups in total. The number of ether oxygens (including phenoxy) is 8. The maximum atomic E-state index is 12.6. The minimum absolute atomic E-state index is 0.0481. The largest absolute Gasteiger partial charge is 0.493 e. The highest BCUT2D eigenvalue weighted by molar-refractivity contribution is 5.92. The molecule has 6 atom stereocenters. The van der Waals surface area contributed by atoms with Gasteiger partial charge < -0.3 is 53.2 Å². The maximum absolute atomic E-state index is 12.6. The van der Waals surface area contributed by atoms with Crippen molar-refractivity contribution in [3.8, 4) is 23.0 Å². The Balaban J connectivity index is 0.000000304. The van der Waals surface area contributed by atoms with E-state index in [4.69, 9.17) is 43.4 Å². The standard InChI is InChI=1S/C26H39NO6.C19H29NO3.C7H12O4.C4H4O3.C3H8O/c1-16(2)11-19-15-27-10-9-18-12-23(30-5)24(31-6)13-20(18)21(27)14-22(19)33-26(29)8-7-25(28)32-17(3)4;1-12(2)7-14-11-20-6-5-13-8-18(22-3)19(23-4)9-15(13)16(20)10-17(14)21;1-5(2)11-7(10)4-3-6(8)9;5-3-1-2-4(6)7-3;1-3(2)4/h12-13,16-17,19,21-22H,7-11,14-15H2,1-6H3;8-9,12,14,16-17,21H,5-7,10-11H2,1-4H3;5H,3-4H2,1-2H3,(H,8,9);1-2H2;3-4H,1-2H3/t19-,21-,22-;14-,16-,17-;;;/m11.../s1. The van der Waals surface area contributed by atoms with Crippen molar-refractivity contribution in [3.63, 3.8) is 0 Å². The molecule has 0 saturated carbocycles. The first-order valence-corrected chi connectivity index (χ1v) is 27.7. The molecule has 19 heteroatoms. The van der Waals surface area contributed by atoms with E-state index in [1.807, 2.05) is 0 Å². The van der Waals surface area contributed by atoms with Gasteiger partial charge in [-0.05, 0) is 138 Å². The molecule has 7 rings (SSSR count). The number of carbonyl (C=O) groups excluding carboxylic acids is 5. The SMILES string of the molecule is CC(C)O.CC(C)OC(=O)CCC(=O)O.COc1cc2c(cc1OC)[C@H]1C[C@@H](O)[C@H](CC(C)C)CN1CC2.COc1cc2c(cc1OC)[C@H]1C[C@@H](OC(=O)CCC(=O)OC(C)C)[C@H](CC(C)C)CN1CC2.O=C1CCC(=O)O1. The Morgan fingerprint density at radius 3 is 1.35 bits per heavy atom. The fourth-order valence-corrected chi connectivity index (χ4v) is 10.4. The normalized spacial score (nSPS) is 21.2. The van der Waals surface area contributed by atoms with E-state index in [2.05, 4.69) is 66.5 Å². The molecule has 0 unspecified atom stereocenters. The van der Waals surface area contributed by atoms with E-state index in [0.717, 1.165) is 87.7 Å². The number of piperidine rings is 2. The van der Waals surface area contributed by atoms with Crippen molar-refractivity contribution in [1.29, 1.82) is 0 Å². The summed E-state index contributed by atoms with van der Waals surface area (Å²) in [5, 5.41) is 26.9. The van der Waals surface area contributed by atoms with E-state index in [1.165, 1.54) is 22.3 Å². The molecule has 78 heavy (non-hydrogen) atoms. The number of carboxylic acids is 1. The third-order valence-corrected chi connectivity index (χ3v) is 13.6. The fourth-order valence-electron chi connectivity index (χ4n) is 10.4. The Kier molecular flexibility index (Phi) is 28.4. The number of fused-ring (bicyclic) bond motifs is 6. The van der Waals surface area contributed by atoms with Gasteiger partial charge in [0.1, 0.15) is 6.10 Å². The Morgan fingerprint density at radius 2 is 0.962 bits per heavy atom. The average Bonchev–Trinajstić information content (AvgIpc) is 3.78. The number of aliphatic hydroxyl groups excluding tert-OH is 2. The first-order valence-electron chi connectivity index (χ1n) is 27.7. The van der Waals surface area contributed by atoms with Crippen LogP contribution in [0.4, 0.5) is 0 Å². The summed E-state index contributed by atoms with van der Waals surface area (Å²) in [5.41, 5.74) is 5.12. The minimum Gasteiger partial charge on any atom is -0.493 e.